The Hall–Kier alpha value is -3.03. The van der Waals surface area contributed by atoms with Gasteiger partial charge in [-0.3, -0.25) is 0 Å². The summed E-state index contributed by atoms with van der Waals surface area (Å²) in [5.74, 6) is -0.352. The van der Waals surface area contributed by atoms with Gasteiger partial charge in [0.05, 0.1) is 11.8 Å². The van der Waals surface area contributed by atoms with Crippen LogP contribution in [0.4, 0.5) is 13.2 Å². The molecule has 0 saturated carbocycles. The Balaban J connectivity index is 1.99. The van der Waals surface area contributed by atoms with Gasteiger partial charge in [-0.1, -0.05) is 17.3 Å². The standard InChI is InChI=1S/C15H10F3N3O2/c16-15(17,18)10-3-1-2-9(6-10)12-8-21(20-19-12)13-5-4-11(22)7-14(13)23/h1-8,22-23H. The summed E-state index contributed by atoms with van der Waals surface area (Å²) < 4.78 is 39.5. The van der Waals surface area contributed by atoms with Crippen molar-refractivity contribution in [2.45, 2.75) is 6.18 Å². The molecule has 0 spiro atoms. The second-order valence-corrected chi connectivity index (χ2v) is 4.80. The molecule has 0 unspecified atom stereocenters. The number of rotatable bonds is 2. The third-order valence-electron chi connectivity index (χ3n) is 3.18. The molecular weight excluding hydrogens is 311 g/mol. The van der Waals surface area contributed by atoms with Crippen molar-refractivity contribution < 1.29 is 23.4 Å². The third kappa shape index (κ3) is 2.96. The number of nitrogens with zero attached hydrogens (tertiary/aromatic N) is 3. The fraction of sp³-hybridized carbons (Fsp3) is 0.0667. The van der Waals surface area contributed by atoms with Crippen LogP contribution in [-0.4, -0.2) is 25.2 Å². The summed E-state index contributed by atoms with van der Waals surface area (Å²) in [7, 11) is 0. The largest absolute Gasteiger partial charge is 0.508 e. The van der Waals surface area contributed by atoms with Crippen LogP contribution >= 0.6 is 0 Å². The Labute approximate surface area is 128 Å². The van der Waals surface area contributed by atoms with E-state index in [2.05, 4.69) is 10.3 Å². The van der Waals surface area contributed by atoms with Gasteiger partial charge in [0.1, 0.15) is 22.9 Å². The molecular formula is C15H10F3N3O2. The minimum atomic E-state index is -4.44. The molecule has 5 nitrogen and oxygen atoms in total. The van der Waals surface area contributed by atoms with Gasteiger partial charge in [-0.25, -0.2) is 4.68 Å². The number of alkyl halides is 3. The minimum Gasteiger partial charge on any atom is -0.508 e. The van der Waals surface area contributed by atoms with Crippen LogP contribution in [0, 0.1) is 0 Å². The van der Waals surface area contributed by atoms with Gasteiger partial charge >= 0.3 is 6.18 Å². The first-order valence-electron chi connectivity index (χ1n) is 6.47. The first-order valence-corrected chi connectivity index (χ1v) is 6.47. The molecule has 0 radical (unpaired) electrons. The SMILES string of the molecule is Oc1ccc(-n2cc(-c3cccc(C(F)(F)F)c3)nn2)c(O)c1. The van der Waals surface area contributed by atoms with Crippen molar-refractivity contribution in [2.75, 3.05) is 0 Å². The average molecular weight is 321 g/mol. The lowest BCUT2D eigenvalue weighted by Gasteiger charge is -2.07. The lowest BCUT2D eigenvalue weighted by atomic mass is 10.1. The number of phenols is 2. The van der Waals surface area contributed by atoms with Crippen molar-refractivity contribution in [3.05, 3.63) is 54.2 Å². The maximum Gasteiger partial charge on any atom is 0.416 e. The van der Waals surface area contributed by atoms with Crippen LogP contribution in [0.5, 0.6) is 11.5 Å². The number of aromatic nitrogens is 3. The molecule has 0 aliphatic carbocycles. The molecule has 3 aromatic rings. The zero-order chi connectivity index (χ0) is 16.6. The van der Waals surface area contributed by atoms with Gasteiger partial charge in [-0.05, 0) is 24.3 Å². The van der Waals surface area contributed by atoms with E-state index in [0.717, 1.165) is 18.2 Å². The maximum atomic E-state index is 12.7. The Kier molecular flexibility index (Phi) is 3.44. The first kappa shape index (κ1) is 14.9. The van der Waals surface area contributed by atoms with E-state index in [1.165, 1.54) is 35.1 Å². The van der Waals surface area contributed by atoms with E-state index in [1.807, 2.05) is 0 Å². The summed E-state index contributed by atoms with van der Waals surface area (Å²) in [4.78, 5) is 0. The molecule has 3 rings (SSSR count). The van der Waals surface area contributed by atoms with Crippen molar-refractivity contribution in [1.29, 1.82) is 0 Å². The van der Waals surface area contributed by atoms with Gasteiger partial charge in [0, 0.05) is 11.6 Å². The zero-order valence-corrected chi connectivity index (χ0v) is 11.5. The van der Waals surface area contributed by atoms with Gasteiger partial charge in [-0.2, -0.15) is 13.2 Å². The summed E-state index contributed by atoms with van der Waals surface area (Å²) in [5.41, 5.74) is -0.0570. The number of hydrogen-bond acceptors (Lipinski definition) is 4. The number of hydrogen-bond donors (Lipinski definition) is 2. The van der Waals surface area contributed by atoms with E-state index in [4.69, 9.17) is 0 Å². The van der Waals surface area contributed by atoms with Crippen LogP contribution < -0.4 is 0 Å². The van der Waals surface area contributed by atoms with Gasteiger partial charge in [-0.15, -0.1) is 5.10 Å². The van der Waals surface area contributed by atoms with Crippen LogP contribution in [0.15, 0.2) is 48.7 Å². The molecule has 1 aromatic heterocycles. The molecule has 0 bridgehead atoms. The highest BCUT2D eigenvalue weighted by molar-refractivity contribution is 5.60. The predicted octanol–water partition coefficient (Wildman–Crippen LogP) is 3.36. The van der Waals surface area contributed by atoms with Crippen LogP contribution in [-0.2, 0) is 6.18 Å². The van der Waals surface area contributed by atoms with Gasteiger partial charge in [0.25, 0.3) is 0 Å². The Morgan fingerprint density at radius 3 is 2.48 bits per heavy atom. The maximum absolute atomic E-state index is 12.7. The Morgan fingerprint density at radius 1 is 1.00 bits per heavy atom. The lowest BCUT2D eigenvalue weighted by molar-refractivity contribution is -0.137. The summed E-state index contributed by atoms with van der Waals surface area (Å²) in [5, 5.41) is 26.7. The van der Waals surface area contributed by atoms with E-state index in [9.17, 15) is 23.4 Å². The first-order chi connectivity index (χ1) is 10.8. The molecule has 0 fully saturated rings. The number of aromatic hydroxyl groups is 2. The number of phenolic OH excluding ortho intramolecular Hbond substituents is 2. The van der Waals surface area contributed by atoms with Crippen molar-refractivity contribution in [1.82, 2.24) is 15.0 Å². The number of halogens is 3. The topological polar surface area (TPSA) is 71.2 Å². The van der Waals surface area contributed by atoms with E-state index < -0.39 is 11.7 Å². The third-order valence-corrected chi connectivity index (χ3v) is 3.18. The second-order valence-electron chi connectivity index (χ2n) is 4.80. The smallest absolute Gasteiger partial charge is 0.416 e. The fourth-order valence-corrected chi connectivity index (χ4v) is 2.07. The van der Waals surface area contributed by atoms with Crippen LogP contribution in [0.3, 0.4) is 0 Å². The minimum absolute atomic E-state index is 0.121. The van der Waals surface area contributed by atoms with E-state index in [0.29, 0.717) is 0 Å². The van der Waals surface area contributed by atoms with Crippen molar-refractivity contribution >= 4 is 0 Å². The summed E-state index contributed by atoms with van der Waals surface area (Å²) in [6, 6.07) is 8.61. The highest BCUT2D eigenvalue weighted by Crippen LogP contribution is 2.32. The van der Waals surface area contributed by atoms with E-state index >= 15 is 0 Å². The van der Waals surface area contributed by atoms with Crippen molar-refractivity contribution in [3.8, 4) is 28.4 Å². The molecule has 2 aromatic carbocycles. The molecule has 0 saturated heterocycles. The second kappa shape index (κ2) is 5.31. The molecule has 0 amide bonds. The highest BCUT2D eigenvalue weighted by atomic mass is 19.4. The van der Waals surface area contributed by atoms with Crippen molar-refractivity contribution in [3.63, 3.8) is 0 Å². The molecule has 118 valence electrons. The van der Waals surface area contributed by atoms with E-state index in [1.54, 1.807) is 0 Å². The highest BCUT2D eigenvalue weighted by Gasteiger charge is 2.30. The quantitative estimate of drug-likeness (QED) is 0.759. The molecule has 1 heterocycles. The normalized spacial score (nSPS) is 11.6. The molecule has 2 N–H and O–H groups in total. The monoisotopic (exact) mass is 321 g/mol. The van der Waals surface area contributed by atoms with Crippen molar-refractivity contribution in [2.24, 2.45) is 0 Å². The van der Waals surface area contributed by atoms with E-state index in [-0.39, 0.29) is 28.4 Å². The van der Waals surface area contributed by atoms with Gasteiger partial charge in [0.2, 0.25) is 0 Å². The van der Waals surface area contributed by atoms with Gasteiger partial charge in [0.15, 0.2) is 0 Å². The molecule has 8 heteroatoms. The number of benzene rings is 2. The molecule has 0 atom stereocenters. The zero-order valence-electron chi connectivity index (χ0n) is 11.5. The Bertz CT molecular complexity index is 859. The lowest BCUT2D eigenvalue weighted by Crippen LogP contribution is -2.04. The molecule has 0 aliphatic rings. The molecule has 0 aliphatic heterocycles. The van der Waals surface area contributed by atoms with Crippen LogP contribution in [0.1, 0.15) is 5.56 Å². The summed E-state index contributed by atoms with van der Waals surface area (Å²) in [6.07, 6.45) is -3.05. The fourth-order valence-electron chi connectivity index (χ4n) is 2.07. The summed E-state index contributed by atoms with van der Waals surface area (Å²) in [6.45, 7) is 0. The molecule has 23 heavy (non-hydrogen) atoms. The van der Waals surface area contributed by atoms with Crippen LogP contribution in [0.2, 0.25) is 0 Å². The van der Waals surface area contributed by atoms with Crippen LogP contribution in [0.25, 0.3) is 16.9 Å². The Morgan fingerprint density at radius 2 is 1.78 bits per heavy atom. The van der Waals surface area contributed by atoms with Gasteiger partial charge < -0.3 is 10.2 Å². The summed E-state index contributed by atoms with van der Waals surface area (Å²) >= 11 is 0. The predicted molar refractivity (Wildman–Crippen MR) is 75.1 cm³/mol. The average Bonchev–Trinajstić information content (AvgIpc) is 2.96.